The Morgan fingerprint density at radius 3 is 2.70 bits per heavy atom. The van der Waals surface area contributed by atoms with Crippen LogP contribution < -0.4 is 10.2 Å². The molecule has 106 valence electrons. The van der Waals surface area contributed by atoms with Crippen molar-refractivity contribution in [3.8, 4) is 5.75 Å². The maximum absolute atomic E-state index is 6.13. The molecule has 0 saturated carbocycles. The molecule has 0 bridgehead atoms. The molecule has 1 atom stereocenters. The first-order valence-corrected chi connectivity index (χ1v) is 7.88. The van der Waals surface area contributed by atoms with Crippen LogP contribution in [-0.4, -0.2) is 22.7 Å². The van der Waals surface area contributed by atoms with E-state index in [2.05, 4.69) is 36.5 Å². The first-order valence-electron chi connectivity index (χ1n) is 6.65. The molecule has 1 N–H and O–H groups in total. The number of nitrogens with zero attached hydrogens (tertiary/aromatic N) is 2. The summed E-state index contributed by atoms with van der Waals surface area (Å²) >= 11 is 1.57. The second-order valence-electron chi connectivity index (χ2n) is 5.88. The molecule has 1 aromatic rings. The minimum Gasteiger partial charge on any atom is -0.481 e. The van der Waals surface area contributed by atoms with Gasteiger partial charge in [0.1, 0.15) is 22.6 Å². The summed E-state index contributed by atoms with van der Waals surface area (Å²) in [6.07, 6.45) is 2.00. The Morgan fingerprint density at radius 2 is 2.00 bits per heavy atom. The van der Waals surface area contributed by atoms with Crippen molar-refractivity contribution in [3.05, 3.63) is 29.3 Å². The van der Waals surface area contributed by atoms with Crippen LogP contribution in [-0.2, 0) is 5.54 Å². The number of hydrogen-bond donors (Lipinski definition) is 1. The zero-order valence-corrected chi connectivity index (χ0v) is 13.3. The first-order chi connectivity index (χ1) is 9.37. The summed E-state index contributed by atoms with van der Waals surface area (Å²) in [6, 6.07) is 6.25. The van der Waals surface area contributed by atoms with Gasteiger partial charge in [-0.05, 0) is 46.1 Å². The number of nitrogens with one attached hydrogen (secondary N) is 1. The van der Waals surface area contributed by atoms with E-state index >= 15 is 0 Å². The molecule has 2 heterocycles. The monoisotopic (exact) mass is 289 g/mol. The number of thioether (sulfide) groups is 1. The molecule has 0 fully saturated rings. The highest BCUT2D eigenvalue weighted by molar-refractivity contribution is 8.13. The lowest BCUT2D eigenvalue weighted by Crippen LogP contribution is -2.55. The van der Waals surface area contributed by atoms with Crippen molar-refractivity contribution in [3.63, 3.8) is 0 Å². The van der Waals surface area contributed by atoms with E-state index in [1.165, 1.54) is 5.56 Å². The van der Waals surface area contributed by atoms with Crippen molar-refractivity contribution in [2.45, 2.75) is 38.8 Å². The van der Waals surface area contributed by atoms with Crippen molar-refractivity contribution in [1.29, 1.82) is 0 Å². The summed E-state index contributed by atoms with van der Waals surface area (Å²) in [5.41, 5.74) is 5.28. The highest BCUT2D eigenvalue weighted by atomic mass is 32.2. The van der Waals surface area contributed by atoms with Crippen molar-refractivity contribution >= 4 is 22.6 Å². The molecule has 4 nitrogen and oxygen atoms in total. The van der Waals surface area contributed by atoms with Crippen LogP contribution in [0.15, 0.2) is 28.3 Å². The number of ether oxygens (including phenoxy) is 1. The van der Waals surface area contributed by atoms with E-state index in [0.29, 0.717) is 0 Å². The molecule has 0 saturated heterocycles. The Morgan fingerprint density at radius 1 is 1.25 bits per heavy atom. The van der Waals surface area contributed by atoms with Crippen LogP contribution in [0.5, 0.6) is 5.75 Å². The molecule has 0 amide bonds. The van der Waals surface area contributed by atoms with Crippen LogP contribution in [0, 0.1) is 6.92 Å². The third kappa shape index (κ3) is 1.84. The lowest BCUT2D eigenvalue weighted by molar-refractivity contribution is 0.156. The lowest BCUT2D eigenvalue weighted by Gasteiger charge is -2.44. The maximum Gasteiger partial charge on any atom is 0.178 e. The van der Waals surface area contributed by atoms with E-state index in [-0.39, 0.29) is 0 Å². The van der Waals surface area contributed by atoms with Crippen LogP contribution in [0.1, 0.15) is 31.9 Å². The van der Waals surface area contributed by atoms with Gasteiger partial charge in [0.2, 0.25) is 0 Å². The zero-order valence-electron chi connectivity index (χ0n) is 12.4. The zero-order chi connectivity index (χ0) is 14.5. The topological polar surface area (TPSA) is 46.0 Å². The number of aliphatic imine (C=N–C) groups is 1. The molecule has 0 aromatic heterocycles. The van der Waals surface area contributed by atoms with E-state index in [1.807, 2.05) is 26.2 Å². The van der Waals surface area contributed by atoms with Gasteiger partial charge in [-0.25, -0.2) is 4.99 Å². The Bertz CT molecular complexity index is 636. The Balaban J connectivity index is 2.26. The van der Waals surface area contributed by atoms with Crippen molar-refractivity contribution in [2.75, 3.05) is 6.26 Å². The number of fused-ring (bicyclic) bond motifs is 3. The second-order valence-corrected chi connectivity index (χ2v) is 6.67. The second kappa shape index (κ2) is 4.25. The molecule has 0 radical (unpaired) electrons. The number of aryl methyl sites for hydroxylation is 1. The van der Waals surface area contributed by atoms with Gasteiger partial charge in [-0.15, -0.1) is 0 Å². The van der Waals surface area contributed by atoms with Gasteiger partial charge < -0.3 is 4.74 Å². The summed E-state index contributed by atoms with van der Waals surface area (Å²) < 4.78 is 6.13. The fourth-order valence-electron chi connectivity index (χ4n) is 2.93. The molecular formula is C15H19N3OS. The van der Waals surface area contributed by atoms with Gasteiger partial charge in [0, 0.05) is 5.56 Å². The maximum atomic E-state index is 6.13. The largest absolute Gasteiger partial charge is 0.481 e. The minimum absolute atomic E-state index is 0.466. The summed E-state index contributed by atoms with van der Waals surface area (Å²) in [7, 11) is 0. The molecule has 20 heavy (non-hydrogen) atoms. The number of hydrazone groups is 1. The van der Waals surface area contributed by atoms with Crippen molar-refractivity contribution in [2.24, 2.45) is 10.1 Å². The van der Waals surface area contributed by atoms with Gasteiger partial charge in [0.25, 0.3) is 0 Å². The summed E-state index contributed by atoms with van der Waals surface area (Å²) in [6.45, 7) is 8.27. The van der Waals surface area contributed by atoms with Crippen molar-refractivity contribution in [1.82, 2.24) is 5.43 Å². The van der Waals surface area contributed by atoms with Gasteiger partial charge >= 0.3 is 0 Å². The normalized spacial score (nSPS) is 26.4. The number of rotatable bonds is 0. The first kappa shape index (κ1) is 13.5. The molecule has 2 aliphatic rings. The van der Waals surface area contributed by atoms with Gasteiger partial charge in [-0.2, -0.15) is 5.10 Å². The van der Waals surface area contributed by atoms with Gasteiger partial charge in [0.05, 0.1) is 0 Å². The average molecular weight is 289 g/mol. The molecule has 2 aliphatic heterocycles. The summed E-state index contributed by atoms with van der Waals surface area (Å²) in [5, 5.41) is 5.38. The number of benzene rings is 1. The highest BCUT2D eigenvalue weighted by Gasteiger charge is 2.50. The van der Waals surface area contributed by atoms with E-state index in [4.69, 9.17) is 9.73 Å². The Kier molecular flexibility index (Phi) is 2.87. The van der Waals surface area contributed by atoms with Crippen LogP contribution in [0.2, 0.25) is 0 Å². The fraction of sp³-hybridized carbons (Fsp3) is 0.467. The van der Waals surface area contributed by atoms with Gasteiger partial charge in [-0.1, -0.05) is 23.4 Å². The fourth-order valence-corrected chi connectivity index (χ4v) is 3.34. The molecule has 0 spiro atoms. The van der Waals surface area contributed by atoms with Gasteiger partial charge in [-0.3, -0.25) is 5.43 Å². The SMILES string of the molecule is CSC1=NC2(C)C(=NN1)C(C)(C)Oc1ccc(C)cc12. The smallest absolute Gasteiger partial charge is 0.178 e. The summed E-state index contributed by atoms with van der Waals surface area (Å²) in [4.78, 5) is 4.89. The third-order valence-corrected chi connectivity index (χ3v) is 4.41. The number of hydrogen-bond acceptors (Lipinski definition) is 5. The standard InChI is InChI=1S/C15H19N3OS/c1-9-6-7-11-10(8-9)15(4)12(14(2,3)19-11)17-18-13(16-15)20-5/h6-8H,1-5H3,(H,16,18). The highest BCUT2D eigenvalue weighted by Crippen LogP contribution is 2.45. The molecule has 0 aliphatic carbocycles. The Hall–Kier alpha value is -1.49. The van der Waals surface area contributed by atoms with Crippen LogP contribution in [0.3, 0.4) is 0 Å². The van der Waals surface area contributed by atoms with Crippen LogP contribution >= 0.6 is 11.8 Å². The predicted octanol–water partition coefficient (Wildman–Crippen LogP) is 3.06. The third-order valence-electron chi connectivity index (χ3n) is 3.84. The molecule has 1 unspecified atom stereocenters. The molecule has 1 aromatic carbocycles. The van der Waals surface area contributed by atoms with E-state index in [0.717, 1.165) is 22.2 Å². The molecular weight excluding hydrogens is 270 g/mol. The van der Waals surface area contributed by atoms with E-state index < -0.39 is 11.1 Å². The minimum atomic E-state index is -0.475. The molecule has 3 rings (SSSR count). The summed E-state index contributed by atoms with van der Waals surface area (Å²) in [5.74, 6) is 0.896. The van der Waals surface area contributed by atoms with Crippen LogP contribution in [0.25, 0.3) is 0 Å². The number of amidine groups is 1. The lowest BCUT2D eigenvalue weighted by atomic mass is 9.76. The van der Waals surface area contributed by atoms with E-state index in [9.17, 15) is 0 Å². The molecule has 5 heteroatoms. The average Bonchev–Trinajstić information content (AvgIpc) is 2.39. The quantitative estimate of drug-likeness (QED) is 0.798. The van der Waals surface area contributed by atoms with Gasteiger partial charge in [0.15, 0.2) is 5.17 Å². The Labute approximate surface area is 123 Å². The van der Waals surface area contributed by atoms with Crippen molar-refractivity contribution < 1.29 is 4.74 Å². The van der Waals surface area contributed by atoms with E-state index in [1.54, 1.807) is 11.8 Å². The van der Waals surface area contributed by atoms with Crippen LogP contribution in [0.4, 0.5) is 0 Å². The predicted molar refractivity (Wildman–Crippen MR) is 84.8 cm³/mol.